The fourth-order valence-corrected chi connectivity index (χ4v) is 2.99. The molecule has 1 heterocycles. The van der Waals surface area contributed by atoms with E-state index < -0.39 is 0 Å². The molecule has 5 nitrogen and oxygen atoms in total. The second-order valence-electron chi connectivity index (χ2n) is 5.93. The van der Waals surface area contributed by atoms with Crippen LogP contribution in [0.2, 0.25) is 0 Å². The first-order chi connectivity index (χ1) is 11.1. The number of likely N-dealkylation sites (tertiary alicyclic amines) is 1. The monoisotopic (exact) mass is 359 g/mol. The molecule has 0 radical (unpaired) electrons. The van der Waals surface area contributed by atoms with Crippen LogP contribution in [0.3, 0.4) is 0 Å². The van der Waals surface area contributed by atoms with Crippen LogP contribution >= 0.6 is 12.4 Å². The molecule has 1 aliphatic heterocycles. The van der Waals surface area contributed by atoms with Crippen LogP contribution in [0.25, 0.3) is 0 Å². The SMILES string of the molecule is COc1ccc(CN2CCCCC2CNC(=O)CCN)cc1F.Cl. The largest absolute Gasteiger partial charge is 0.494 e. The van der Waals surface area contributed by atoms with Gasteiger partial charge in [0.25, 0.3) is 0 Å². The molecule has 0 spiro atoms. The Kier molecular flexibility index (Phi) is 9.03. The van der Waals surface area contributed by atoms with Gasteiger partial charge >= 0.3 is 0 Å². The zero-order chi connectivity index (χ0) is 16.7. The summed E-state index contributed by atoms with van der Waals surface area (Å²) in [5.41, 5.74) is 6.31. The first-order valence-corrected chi connectivity index (χ1v) is 8.17. The molecular formula is C17H27ClFN3O2. The second-order valence-corrected chi connectivity index (χ2v) is 5.93. The van der Waals surface area contributed by atoms with Crippen molar-refractivity contribution in [3.8, 4) is 5.75 Å². The van der Waals surface area contributed by atoms with Gasteiger partial charge in [-0.2, -0.15) is 0 Å². The number of ether oxygens (including phenoxy) is 1. The Hall–Kier alpha value is -1.37. The van der Waals surface area contributed by atoms with Crippen molar-refractivity contribution < 1.29 is 13.9 Å². The minimum atomic E-state index is -0.338. The Morgan fingerprint density at radius 2 is 2.25 bits per heavy atom. The van der Waals surface area contributed by atoms with E-state index >= 15 is 0 Å². The maximum absolute atomic E-state index is 13.8. The van der Waals surface area contributed by atoms with Crippen molar-refractivity contribution >= 4 is 18.3 Å². The third kappa shape index (κ3) is 5.92. The summed E-state index contributed by atoms with van der Waals surface area (Å²) in [5, 5.41) is 2.94. The molecule has 0 saturated carbocycles. The number of nitrogens with two attached hydrogens (primary N) is 1. The molecule has 3 N–H and O–H groups in total. The third-order valence-corrected chi connectivity index (χ3v) is 4.26. The Morgan fingerprint density at radius 1 is 1.46 bits per heavy atom. The molecule has 1 atom stereocenters. The standard InChI is InChI=1S/C17H26FN3O2.ClH/c1-23-16-6-5-13(10-15(16)18)12-21-9-3-2-4-14(21)11-20-17(22)7-8-19;/h5-6,10,14H,2-4,7-9,11-12,19H2,1H3,(H,20,22);1H. The number of nitrogens with one attached hydrogen (secondary N) is 1. The van der Waals surface area contributed by atoms with E-state index in [0.717, 1.165) is 31.4 Å². The molecule has 1 aromatic carbocycles. The number of nitrogens with zero attached hydrogens (tertiary/aromatic N) is 1. The highest BCUT2D eigenvalue weighted by molar-refractivity contribution is 5.85. The zero-order valence-electron chi connectivity index (χ0n) is 14.1. The van der Waals surface area contributed by atoms with Gasteiger partial charge in [-0.25, -0.2) is 4.39 Å². The van der Waals surface area contributed by atoms with Crippen LogP contribution in [-0.4, -0.2) is 43.6 Å². The summed E-state index contributed by atoms with van der Waals surface area (Å²) in [6, 6.07) is 5.36. The average molecular weight is 360 g/mol. The van der Waals surface area contributed by atoms with E-state index in [4.69, 9.17) is 10.5 Å². The summed E-state index contributed by atoms with van der Waals surface area (Å²) in [5.74, 6) is -0.0821. The molecule has 1 saturated heterocycles. The lowest BCUT2D eigenvalue weighted by Gasteiger charge is -2.36. The second kappa shape index (κ2) is 10.5. The minimum absolute atomic E-state index is 0. The molecule has 1 aliphatic rings. The lowest BCUT2D eigenvalue weighted by molar-refractivity contribution is -0.121. The van der Waals surface area contributed by atoms with Gasteiger partial charge in [-0.3, -0.25) is 9.69 Å². The van der Waals surface area contributed by atoms with E-state index in [1.807, 2.05) is 6.07 Å². The molecule has 24 heavy (non-hydrogen) atoms. The van der Waals surface area contributed by atoms with Gasteiger partial charge in [-0.15, -0.1) is 12.4 Å². The van der Waals surface area contributed by atoms with Crippen LogP contribution in [0.1, 0.15) is 31.2 Å². The Morgan fingerprint density at radius 3 is 2.92 bits per heavy atom. The number of methoxy groups -OCH3 is 1. The quantitative estimate of drug-likeness (QED) is 0.782. The predicted octanol–water partition coefficient (Wildman–Crippen LogP) is 2.08. The van der Waals surface area contributed by atoms with Crippen LogP contribution in [0.15, 0.2) is 18.2 Å². The fraction of sp³-hybridized carbons (Fsp3) is 0.588. The van der Waals surface area contributed by atoms with Gasteiger partial charge in [0.05, 0.1) is 7.11 Å². The molecule has 1 fully saturated rings. The lowest BCUT2D eigenvalue weighted by atomic mass is 10.0. The molecule has 0 aliphatic carbocycles. The minimum Gasteiger partial charge on any atom is -0.494 e. The van der Waals surface area contributed by atoms with Crippen molar-refractivity contribution in [1.82, 2.24) is 10.2 Å². The van der Waals surface area contributed by atoms with Crippen molar-refractivity contribution in [2.45, 2.75) is 38.3 Å². The highest BCUT2D eigenvalue weighted by Crippen LogP contribution is 2.22. The smallest absolute Gasteiger partial charge is 0.221 e. The fourth-order valence-electron chi connectivity index (χ4n) is 2.99. The number of hydrogen-bond acceptors (Lipinski definition) is 4. The van der Waals surface area contributed by atoms with Gasteiger partial charge in [0.1, 0.15) is 0 Å². The normalized spacial score (nSPS) is 17.9. The van der Waals surface area contributed by atoms with E-state index in [-0.39, 0.29) is 35.9 Å². The van der Waals surface area contributed by atoms with Gasteiger partial charge in [-0.05, 0) is 37.1 Å². The molecule has 7 heteroatoms. The number of halogens is 2. The first-order valence-electron chi connectivity index (χ1n) is 8.17. The van der Waals surface area contributed by atoms with E-state index in [2.05, 4.69) is 10.2 Å². The van der Waals surface area contributed by atoms with Crippen LogP contribution < -0.4 is 15.8 Å². The Balaban J connectivity index is 0.00000288. The number of benzene rings is 1. The summed E-state index contributed by atoms with van der Waals surface area (Å²) >= 11 is 0. The van der Waals surface area contributed by atoms with Crippen molar-refractivity contribution in [2.24, 2.45) is 5.73 Å². The molecule has 136 valence electrons. The van der Waals surface area contributed by atoms with Crippen molar-refractivity contribution in [3.05, 3.63) is 29.6 Å². The van der Waals surface area contributed by atoms with Gasteiger partial charge < -0.3 is 15.8 Å². The van der Waals surface area contributed by atoms with Crippen LogP contribution in [0.4, 0.5) is 4.39 Å². The van der Waals surface area contributed by atoms with Crippen LogP contribution in [0, 0.1) is 5.82 Å². The highest BCUT2D eigenvalue weighted by Gasteiger charge is 2.23. The molecule has 1 unspecified atom stereocenters. The summed E-state index contributed by atoms with van der Waals surface area (Å²) in [7, 11) is 1.46. The Bertz CT molecular complexity index is 531. The van der Waals surface area contributed by atoms with Crippen molar-refractivity contribution in [1.29, 1.82) is 0 Å². The van der Waals surface area contributed by atoms with Crippen LogP contribution in [-0.2, 0) is 11.3 Å². The number of hydrogen-bond donors (Lipinski definition) is 2. The van der Waals surface area contributed by atoms with Gasteiger partial charge in [0, 0.05) is 32.1 Å². The molecule has 1 aromatic rings. The van der Waals surface area contributed by atoms with E-state index in [9.17, 15) is 9.18 Å². The summed E-state index contributed by atoms with van der Waals surface area (Å²) in [6.07, 6.45) is 3.69. The first kappa shape index (κ1) is 20.7. The number of rotatable bonds is 7. The third-order valence-electron chi connectivity index (χ3n) is 4.26. The summed E-state index contributed by atoms with van der Waals surface area (Å²) in [4.78, 5) is 13.9. The zero-order valence-corrected chi connectivity index (χ0v) is 14.9. The molecular weight excluding hydrogens is 333 g/mol. The van der Waals surface area contributed by atoms with E-state index in [0.29, 0.717) is 26.1 Å². The lowest BCUT2D eigenvalue weighted by Crippen LogP contribution is -2.46. The average Bonchev–Trinajstić information content (AvgIpc) is 2.54. The van der Waals surface area contributed by atoms with Gasteiger partial charge in [-0.1, -0.05) is 12.5 Å². The van der Waals surface area contributed by atoms with E-state index in [1.54, 1.807) is 6.07 Å². The highest BCUT2D eigenvalue weighted by atomic mass is 35.5. The van der Waals surface area contributed by atoms with Crippen LogP contribution in [0.5, 0.6) is 5.75 Å². The predicted molar refractivity (Wildman–Crippen MR) is 94.9 cm³/mol. The molecule has 0 aromatic heterocycles. The molecule has 1 amide bonds. The van der Waals surface area contributed by atoms with Crippen molar-refractivity contribution in [2.75, 3.05) is 26.7 Å². The van der Waals surface area contributed by atoms with Crippen molar-refractivity contribution in [3.63, 3.8) is 0 Å². The number of amides is 1. The van der Waals surface area contributed by atoms with E-state index in [1.165, 1.54) is 13.2 Å². The maximum Gasteiger partial charge on any atom is 0.221 e. The maximum atomic E-state index is 13.8. The topological polar surface area (TPSA) is 67.6 Å². The summed E-state index contributed by atoms with van der Waals surface area (Å²) in [6.45, 7) is 2.63. The molecule has 2 rings (SSSR count). The van der Waals surface area contributed by atoms with Gasteiger partial charge in [0.2, 0.25) is 5.91 Å². The number of carbonyl (C=O) groups excluding carboxylic acids is 1. The molecule has 0 bridgehead atoms. The summed E-state index contributed by atoms with van der Waals surface area (Å²) < 4.78 is 18.8. The number of carbonyl (C=O) groups is 1. The van der Waals surface area contributed by atoms with Gasteiger partial charge in [0.15, 0.2) is 11.6 Å². The number of piperidine rings is 1. The Labute approximate surface area is 149 Å².